The summed E-state index contributed by atoms with van der Waals surface area (Å²) >= 11 is 0. The van der Waals surface area contributed by atoms with Gasteiger partial charge in [-0.1, -0.05) is 0 Å². The number of guanidine groups is 1. The molecule has 0 saturated carbocycles. The Kier molecular flexibility index (Phi) is 6.26. The van der Waals surface area contributed by atoms with E-state index < -0.39 is 14.6 Å². The first-order chi connectivity index (χ1) is 9.76. The molecular weight excluding hydrogens is 290 g/mol. The molecule has 0 unspecified atom stereocenters. The maximum absolute atomic E-state index is 11.7. The van der Waals surface area contributed by atoms with Crippen molar-refractivity contribution in [2.45, 2.75) is 31.9 Å². The summed E-state index contributed by atoms with van der Waals surface area (Å²) in [4.78, 5) is 4.36. The largest absolute Gasteiger partial charge is 0.469 e. The lowest BCUT2D eigenvalue weighted by molar-refractivity contribution is 0.506. The number of aliphatic imine (C=N–C) groups is 1. The lowest BCUT2D eigenvalue weighted by Gasteiger charge is -2.21. The molecule has 120 valence electrons. The summed E-state index contributed by atoms with van der Waals surface area (Å²) in [5.74, 6) is 1.51. The standard InChI is InChI=1S/C14H25N3O3S/c1-5-15-13(16-9-8-12-7-6-10-20-12)17-11-14(2,3)21(4,18)19/h6-7,10H,5,8-9,11H2,1-4H3,(H2,15,16,17). The van der Waals surface area contributed by atoms with E-state index in [0.29, 0.717) is 19.0 Å². The molecule has 0 aliphatic rings. The first-order valence-electron chi connectivity index (χ1n) is 7.00. The Bertz CT molecular complexity index is 548. The summed E-state index contributed by atoms with van der Waals surface area (Å²) in [5, 5.41) is 6.27. The maximum atomic E-state index is 11.7. The van der Waals surface area contributed by atoms with Crippen LogP contribution in [0.2, 0.25) is 0 Å². The van der Waals surface area contributed by atoms with Gasteiger partial charge in [0.1, 0.15) is 5.76 Å². The fourth-order valence-electron chi connectivity index (χ4n) is 1.49. The fraction of sp³-hybridized carbons (Fsp3) is 0.643. The number of furan rings is 1. The first kappa shape index (κ1) is 17.6. The van der Waals surface area contributed by atoms with Gasteiger partial charge in [-0.05, 0) is 32.9 Å². The summed E-state index contributed by atoms with van der Waals surface area (Å²) < 4.78 is 27.7. The molecule has 0 amide bonds. The van der Waals surface area contributed by atoms with E-state index in [4.69, 9.17) is 4.42 Å². The van der Waals surface area contributed by atoms with Crippen molar-refractivity contribution in [2.24, 2.45) is 4.99 Å². The molecule has 0 aliphatic heterocycles. The number of nitrogens with one attached hydrogen (secondary N) is 2. The molecule has 0 spiro atoms. The summed E-state index contributed by atoms with van der Waals surface area (Å²) in [6.45, 7) is 6.91. The van der Waals surface area contributed by atoms with E-state index in [1.807, 2.05) is 19.1 Å². The molecule has 0 saturated heterocycles. The lowest BCUT2D eigenvalue weighted by atomic mass is 10.2. The van der Waals surface area contributed by atoms with Crippen molar-refractivity contribution in [1.82, 2.24) is 10.6 Å². The number of nitrogens with zero attached hydrogens (tertiary/aromatic N) is 1. The second-order valence-electron chi connectivity index (χ2n) is 5.48. The van der Waals surface area contributed by atoms with Crippen LogP contribution in [0, 0.1) is 0 Å². The van der Waals surface area contributed by atoms with E-state index in [0.717, 1.165) is 12.2 Å². The predicted octanol–water partition coefficient (Wildman–Crippen LogP) is 1.20. The molecule has 2 N–H and O–H groups in total. The SMILES string of the molecule is CCNC(=NCC(C)(C)S(C)(=O)=O)NCCc1ccco1. The van der Waals surface area contributed by atoms with Crippen molar-refractivity contribution in [1.29, 1.82) is 0 Å². The van der Waals surface area contributed by atoms with Gasteiger partial charge in [-0.25, -0.2) is 8.42 Å². The number of sulfone groups is 1. The highest BCUT2D eigenvalue weighted by Gasteiger charge is 2.29. The van der Waals surface area contributed by atoms with Crippen molar-refractivity contribution >= 4 is 15.8 Å². The van der Waals surface area contributed by atoms with Gasteiger partial charge in [-0.2, -0.15) is 0 Å². The molecule has 6 nitrogen and oxygen atoms in total. The lowest BCUT2D eigenvalue weighted by Crippen LogP contribution is -2.41. The molecule has 0 aliphatic carbocycles. The van der Waals surface area contributed by atoms with Crippen LogP contribution >= 0.6 is 0 Å². The van der Waals surface area contributed by atoms with Crippen LogP contribution < -0.4 is 10.6 Å². The molecule has 0 atom stereocenters. The van der Waals surface area contributed by atoms with Gasteiger partial charge in [-0.15, -0.1) is 0 Å². The van der Waals surface area contributed by atoms with Crippen molar-refractivity contribution in [3.63, 3.8) is 0 Å². The van der Waals surface area contributed by atoms with Gasteiger partial charge < -0.3 is 15.1 Å². The molecule has 1 rings (SSSR count). The Hall–Kier alpha value is -1.50. The maximum Gasteiger partial charge on any atom is 0.191 e. The van der Waals surface area contributed by atoms with Gasteiger partial charge in [0.15, 0.2) is 15.8 Å². The van der Waals surface area contributed by atoms with E-state index in [-0.39, 0.29) is 6.54 Å². The Morgan fingerprint density at radius 2 is 2.10 bits per heavy atom. The van der Waals surface area contributed by atoms with Gasteiger partial charge in [0, 0.05) is 25.8 Å². The molecule has 0 radical (unpaired) electrons. The third kappa shape index (κ3) is 5.79. The number of hydrogen-bond donors (Lipinski definition) is 2. The Labute approximate surface area is 126 Å². The van der Waals surface area contributed by atoms with Crippen LogP contribution in [0.25, 0.3) is 0 Å². The molecule has 0 aromatic carbocycles. The molecule has 1 aromatic rings. The van der Waals surface area contributed by atoms with Gasteiger partial charge in [0.05, 0.1) is 17.6 Å². The minimum Gasteiger partial charge on any atom is -0.469 e. The van der Waals surface area contributed by atoms with Crippen molar-refractivity contribution in [3.8, 4) is 0 Å². The Morgan fingerprint density at radius 1 is 1.38 bits per heavy atom. The molecule has 1 aromatic heterocycles. The van der Waals surface area contributed by atoms with E-state index in [1.54, 1.807) is 20.1 Å². The molecule has 0 fully saturated rings. The highest BCUT2D eigenvalue weighted by molar-refractivity contribution is 7.92. The van der Waals surface area contributed by atoms with E-state index in [1.165, 1.54) is 6.26 Å². The van der Waals surface area contributed by atoms with Crippen molar-refractivity contribution < 1.29 is 12.8 Å². The quantitative estimate of drug-likeness (QED) is 0.583. The van der Waals surface area contributed by atoms with Gasteiger partial charge in [-0.3, -0.25) is 4.99 Å². The predicted molar refractivity (Wildman–Crippen MR) is 85.3 cm³/mol. The molecule has 0 bridgehead atoms. The highest BCUT2D eigenvalue weighted by Crippen LogP contribution is 2.15. The smallest absolute Gasteiger partial charge is 0.191 e. The van der Waals surface area contributed by atoms with Gasteiger partial charge in [0.2, 0.25) is 0 Å². The van der Waals surface area contributed by atoms with Crippen LogP contribution in [-0.4, -0.2) is 45.0 Å². The fourth-order valence-corrected chi connectivity index (χ4v) is 1.79. The first-order valence-corrected chi connectivity index (χ1v) is 8.89. The highest BCUT2D eigenvalue weighted by atomic mass is 32.2. The minimum absolute atomic E-state index is 0.210. The van der Waals surface area contributed by atoms with Crippen LogP contribution in [0.15, 0.2) is 27.8 Å². The van der Waals surface area contributed by atoms with Gasteiger partial charge >= 0.3 is 0 Å². The monoisotopic (exact) mass is 315 g/mol. The second kappa shape index (κ2) is 7.49. The number of hydrogen-bond acceptors (Lipinski definition) is 4. The van der Waals surface area contributed by atoms with Crippen molar-refractivity contribution in [3.05, 3.63) is 24.2 Å². The third-order valence-electron chi connectivity index (χ3n) is 3.21. The zero-order chi connectivity index (χ0) is 15.9. The Balaban J connectivity index is 2.57. The molecule has 21 heavy (non-hydrogen) atoms. The van der Waals surface area contributed by atoms with Crippen LogP contribution in [0.5, 0.6) is 0 Å². The van der Waals surface area contributed by atoms with Crippen molar-refractivity contribution in [2.75, 3.05) is 25.9 Å². The van der Waals surface area contributed by atoms with E-state index in [9.17, 15) is 8.42 Å². The number of rotatable bonds is 7. The zero-order valence-corrected chi connectivity index (χ0v) is 14.0. The zero-order valence-electron chi connectivity index (χ0n) is 13.1. The van der Waals surface area contributed by atoms with E-state index in [2.05, 4.69) is 15.6 Å². The molecular formula is C14H25N3O3S. The van der Waals surface area contributed by atoms with Crippen LogP contribution in [0.1, 0.15) is 26.5 Å². The molecule has 7 heteroatoms. The summed E-state index contributed by atoms with van der Waals surface area (Å²) in [5.41, 5.74) is 0. The average molecular weight is 315 g/mol. The summed E-state index contributed by atoms with van der Waals surface area (Å²) in [6.07, 6.45) is 3.62. The Morgan fingerprint density at radius 3 is 2.62 bits per heavy atom. The normalized spacial score (nSPS) is 13.2. The van der Waals surface area contributed by atoms with Crippen LogP contribution in [0.4, 0.5) is 0 Å². The second-order valence-corrected chi connectivity index (χ2v) is 8.13. The summed E-state index contributed by atoms with van der Waals surface area (Å²) in [7, 11) is -3.15. The summed E-state index contributed by atoms with van der Waals surface area (Å²) in [6, 6.07) is 3.77. The minimum atomic E-state index is -3.15. The average Bonchev–Trinajstić information content (AvgIpc) is 2.87. The van der Waals surface area contributed by atoms with Crippen LogP contribution in [-0.2, 0) is 16.3 Å². The van der Waals surface area contributed by atoms with Gasteiger partial charge in [0.25, 0.3) is 0 Å². The van der Waals surface area contributed by atoms with Crippen LogP contribution in [0.3, 0.4) is 0 Å². The third-order valence-corrected chi connectivity index (χ3v) is 5.35. The molecule has 1 heterocycles. The topological polar surface area (TPSA) is 83.7 Å². The van der Waals surface area contributed by atoms with E-state index >= 15 is 0 Å².